The van der Waals surface area contributed by atoms with E-state index in [-0.39, 0.29) is 5.97 Å². The molecule has 0 radical (unpaired) electrons. The van der Waals surface area contributed by atoms with Gasteiger partial charge >= 0.3 is 5.97 Å². The molecule has 1 heterocycles. The van der Waals surface area contributed by atoms with Gasteiger partial charge in [-0.1, -0.05) is 0 Å². The summed E-state index contributed by atoms with van der Waals surface area (Å²) in [5.74, 6) is 0.174. The van der Waals surface area contributed by atoms with Crippen LogP contribution in [0.2, 0.25) is 0 Å². The lowest BCUT2D eigenvalue weighted by Gasteiger charge is -2.11. The van der Waals surface area contributed by atoms with Crippen molar-refractivity contribution in [1.82, 2.24) is 4.98 Å². The Bertz CT molecular complexity index is 381. The number of hydrogen-bond donors (Lipinski definition) is 1. The van der Waals surface area contributed by atoms with Crippen molar-refractivity contribution < 1.29 is 9.53 Å². The molecule has 5 heteroatoms. The summed E-state index contributed by atoms with van der Waals surface area (Å²) in [4.78, 5) is 15.0. The summed E-state index contributed by atoms with van der Waals surface area (Å²) >= 11 is 0. The smallest absolute Gasteiger partial charge is 0.328 e. The molecule has 1 aromatic rings. The van der Waals surface area contributed by atoms with Crippen molar-refractivity contribution in [1.29, 1.82) is 5.26 Å². The van der Waals surface area contributed by atoms with Gasteiger partial charge in [-0.25, -0.2) is 9.78 Å². The number of carbonyl (C=O) groups excluding carboxylic acids is 1. The van der Waals surface area contributed by atoms with Crippen LogP contribution in [0.5, 0.6) is 0 Å². The average molecular weight is 205 g/mol. The van der Waals surface area contributed by atoms with E-state index in [0.717, 1.165) is 0 Å². The highest BCUT2D eigenvalue weighted by Crippen LogP contribution is 2.06. The lowest BCUT2D eigenvalue weighted by Crippen LogP contribution is -2.27. The van der Waals surface area contributed by atoms with Crippen LogP contribution in [0.25, 0.3) is 0 Å². The van der Waals surface area contributed by atoms with Crippen LogP contribution >= 0.6 is 0 Å². The van der Waals surface area contributed by atoms with Crippen LogP contribution in [0.3, 0.4) is 0 Å². The van der Waals surface area contributed by atoms with Gasteiger partial charge in [0.2, 0.25) is 0 Å². The molecule has 0 aliphatic carbocycles. The summed E-state index contributed by atoms with van der Waals surface area (Å²) in [6.07, 6.45) is 1.44. The van der Waals surface area contributed by atoms with Crippen molar-refractivity contribution in [3.8, 4) is 6.07 Å². The molecule has 1 N–H and O–H groups in total. The van der Waals surface area contributed by atoms with Gasteiger partial charge in [-0.2, -0.15) is 5.26 Å². The second kappa shape index (κ2) is 4.96. The topological polar surface area (TPSA) is 75.0 Å². The van der Waals surface area contributed by atoms with Crippen molar-refractivity contribution in [2.45, 2.75) is 13.0 Å². The van der Waals surface area contributed by atoms with Crippen LogP contribution in [0.15, 0.2) is 18.3 Å². The Kier molecular flexibility index (Phi) is 3.63. The standard InChI is InChI=1S/C10H11N3O2/c1-7(10(14)15-2)13-9-4-3-8(5-11)6-12-9/h3-4,6-7H,1-2H3,(H,12,13)/t7-/m0/s1. The highest BCUT2D eigenvalue weighted by Gasteiger charge is 2.12. The van der Waals surface area contributed by atoms with Crippen LogP contribution in [-0.2, 0) is 9.53 Å². The maximum Gasteiger partial charge on any atom is 0.328 e. The Labute approximate surface area is 87.7 Å². The molecule has 0 spiro atoms. The van der Waals surface area contributed by atoms with E-state index in [4.69, 9.17) is 5.26 Å². The van der Waals surface area contributed by atoms with Crippen molar-refractivity contribution in [3.63, 3.8) is 0 Å². The van der Waals surface area contributed by atoms with Gasteiger partial charge in [-0.05, 0) is 19.1 Å². The maximum atomic E-state index is 11.1. The highest BCUT2D eigenvalue weighted by atomic mass is 16.5. The fraction of sp³-hybridized carbons (Fsp3) is 0.300. The monoisotopic (exact) mass is 205 g/mol. The van der Waals surface area contributed by atoms with Gasteiger partial charge in [0.1, 0.15) is 17.9 Å². The molecular weight excluding hydrogens is 194 g/mol. The third kappa shape index (κ3) is 2.95. The summed E-state index contributed by atoms with van der Waals surface area (Å²) in [6.45, 7) is 1.67. The molecule has 1 rings (SSSR count). The van der Waals surface area contributed by atoms with Crippen molar-refractivity contribution in [2.24, 2.45) is 0 Å². The lowest BCUT2D eigenvalue weighted by atomic mass is 10.3. The first-order valence-electron chi connectivity index (χ1n) is 4.38. The molecule has 0 saturated heterocycles. The minimum Gasteiger partial charge on any atom is -0.467 e. The lowest BCUT2D eigenvalue weighted by molar-refractivity contribution is -0.141. The number of hydrogen-bond acceptors (Lipinski definition) is 5. The predicted molar refractivity (Wildman–Crippen MR) is 54.1 cm³/mol. The molecule has 0 aliphatic heterocycles. The van der Waals surface area contributed by atoms with Gasteiger partial charge in [0, 0.05) is 6.20 Å². The maximum absolute atomic E-state index is 11.1. The Morgan fingerprint density at radius 3 is 2.87 bits per heavy atom. The van der Waals surface area contributed by atoms with Crippen LogP contribution in [0, 0.1) is 11.3 Å². The number of anilines is 1. The first-order valence-corrected chi connectivity index (χ1v) is 4.38. The summed E-state index contributed by atoms with van der Waals surface area (Å²) in [5.41, 5.74) is 0.478. The zero-order chi connectivity index (χ0) is 11.3. The second-order valence-corrected chi connectivity index (χ2v) is 2.93. The van der Waals surface area contributed by atoms with Crippen LogP contribution in [0.1, 0.15) is 12.5 Å². The SMILES string of the molecule is COC(=O)[C@H](C)Nc1ccc(C#N)cn1. The van der Waals surface area contributed by atoms with E-state index in [1.54, 1.807) is 19.1 Å². The quantitative estimate of drug-likeness (QED) is 0.743. The van der Waals surface area contributed by atoms with Gasteiger partial charge in [-0.15, -0.1) is 0 Å². The molecule has 0 amide bonds. The molecule has 0 bridgehead atoms. The van der Waals surface area contributed by atoms with Gasteiger partial charge in [0.05, 0.1) is 12.7 Å². The van der Waals surface area contributed by atoms with E-state index < -0.39 is 6.04 Å². The van der Waals surface area contributed by atoms with E-state index in [2.05, 4.69) is 15.0 Å². The molecule has 0 unspecified atom stereocenters. The minimum absolute atomic E-state index is 0.360. The Hall–Kier alpha value is -2.09. The van der Waals surface area contributed by atoms with Crippen molar-refractivity contribution in [2.75, 3.05) is 12.4 Å². The molecule has 0 aliphatic rings. The Balaban J connectivity index is 2.66. The minimum atomic E-state index is -0.463. The number of nitrogens with one attached hydrogen (secondary N) is 1. The number of carbonyl (C=O) groups is 1. The number of pyridine rings is 1. The fourth-order valence-corrected chi connectivity index (χ4v) is 1.00. The highest BCUT2D eigenvalue weighted by molar-refractivity contribution is 5.78. The predicted octanol–water partition coefficient (Wildman–Crippen LogP) is 0.927. The van der Waals surface area contributed by atoms with E-state index in [1.807, 2.05) is 6.07 Å². The first kappa shape index (κ1) is 11.0. The van der Waals surface area contributed by atoms with Gasteiger partial charge in [0.25, 0.3) is 0 Å². The Morgan fingerprint density at radius 1 is 1.67 bits per heavy atom. The summed E-state index contributed by atoms with van der Waals surface area (Å²) < 4.78 is 4.55. The summed E-state index contributed by atoms with van der Waals surface area (Å²) in [6, 6.07) is 4.76. The zero-order valence-corrected chi connectivity index (χ0v) is 8.52. The third-order valence-electron chi connectivity index (χ3n) is 1.81. The number of ether oxygens (including phenoxy) is 1. The number of aromatic nitrogens is 1. The van der Waals surface area contributed by atoms with Gasteiger partial charge < -0.3 is 10.1 Å². The second-order valence-electron chi connectivity index (χ2n) is 2.93. The molecule has 5 nitrogen and oxygen atoms in total. The first-order chi connectivity index (χ1) is 7.17. The van der Waals surface area contributed by atoms with Crippen molar-refractivity contribution in [3.05, 3.63) is 23.9 Å². The van der Waals surface area contributed by atoms with Crippen molar-refractivity contribution >= 4 is 11.8 Å². The zero-order valence-electron chi connectivity index (χ0n) is 8.52. The molecule has 0 aromatic carbocycles. The number of rotatable bonds is 3. The molecule has 1 aromatic heterocycles. The van der Waals surface area contributed by atoms with E-state index in [1.165, 1.54) is 13.3 Å². The molecule has 1 atom stereocenters. The number of esters is 1. The number of methoxy groups -OCH3 is 1. The summed E-state index contributed by atoms with van der Waals surface area (Å²) in [7, 11) is 1.33. The molecule has 78 valence electrons. The van der Waals surface area contributed by atoms with E-state index >= 15 is 0 Å². The summed E-state index contributed by atoms with van der Waals surface area (Å²) in [5, 5.41) is 11.4. The normalized spacial score (nSPS) is 11.3. The van der Waals surface area contributed by atoms with E-state index in [9.17, 15) is 4.79 Å². The molecular formula is C10H11N3O2. The van der Waals surface area contributed by atoms with Crippen LogP contribution < -0.4 is 5.32 Å². The van der Waals surface area contributed by atoms with Gasteiger partial charge in [-0.3, -0.25) is 0 Å². The number of nitrogens with zero attached hydrogens (tertiary/aromatic N) is 2. The van der Waals surface area contributed by atoms with Crippen LogP contribution in [-0.4, -0.2) is 24.1 Å². The number of nitriles is 1. The fourth-order valence-electron chi connectivity index (χ4n) is 1.00. The van der Waals surface area contributed by atoms with Gasteiger partial charge in [0.15, 0.2) is 0 Å². The molecule has 0 saturated carbocycles. The third-order valence-corrected chi connectivity index (χ3v) is 1.81. The van der Waals surface area contributed by atoms with Crippen LogP contribution in [0.4, 0.5) is 5.82 Å². The van der Waals surface area contributed by atoms with E-state index in [0.29, 0.717) is 11.4 Å². The molecule has 0 fully saturated rings. The molecule has 15 heavy (non-hydrogen) atoms. The Morgan fingerprint density at radius 2 is 2.40 bits per heavy atom. The largest absolute Gasteiger partial charge is 0.467 e. The average Bonchev–Trinajstić information content (AvgIpc) is 2.29.